The molecule has 12 nitrogen and oxygen atoms in total. The van der Waals surface area contributed by atoms with E-state index in [2.05, 4.69) is 15.0 Å². The Labute approximate surface area is 255 Å². The van der Waals surface area contributed by atoms with Crippen molar-refractivity contribution < 1.29 is 38.0 Å². The fourth-order valence-corrected chi connectivity index (χ4v) is 5.71. The molecule has 1 saturated heterocycles. The van der Waals surface area contributed by atoms with Gasteiger partial charge in [0, 0.05) is 6.42 Å². The number of nitrogens with zero attached hydrogens (tertiary/aromatic N) is 4. The number of rotatable bonds is 10. The number of imidazole rings is 1. The number of alkyl halides is 1. The van der Waals surface area contributed by atoms with E-state index < -0.39 is 47.7 Å². The molecular formula is C30H29ClFN5O7. The van der Waals surface area contributed by atoms with Crippen LogP contribution in [0.3, 0.4) is 0 Å². The molecule has 3 N–H and O–H groups in total. The molecule has 2 aliphatic rings. The van der Waals surface area contributed by atoms with Gasteiger partial charge in [0.25, 0.3) is 5.60 Å². The molecule has 1 saturated carbocycles. The number of aliphatic hydroxyl groups is 1. The smallest absolute Gasteiger partial charge is 0.350 e. The lowest BCUT2D eigenvalue weighted by Gasteiger charge is -2.31. The van der Waals surface area contributed by atoms with Crippen LogP contribution in [0.15, 0.2) is 60.9 Å². The van der Waals surface area contributed by atoms with Gasteiger partial charge in [-0.25, -0.2) is 19.0 Å². The standard InChI is InChI=1S/C30H29ClFN5O7/c1-3-41-26(38)29(27(39)42-4-2,14-16-10-12-18(13-11-16)17-8-6-5-7-9-17)44-22-21-30(22,40)20(32)25(43-21)37-15-34-19-23(33)35-28(31)36-24(19)37/h5-13,15,20-22,25,40H,3-4,14H2,1-2H3,(H2,33,35,36)/t20-,21-,22?,25-,30+/m1/s1. The van der Waals surface area contributed by atoms with Gasteiger partial charge in [-0.15, -0.1) is 0 Å². The van der Waals surface area contributed by atoms with E-state index in [1.165, 1.54) is 10.9 Å². The normalized spacial score (nSPS) is 24.2. The van der Waals surface area contributed by atoms with E-state index in [1.807, 2.05) is 42.5 Å². The van der Waals surface area contributed by atoms with Crippen molar-refractivity contribution in [3.63, 3.8) is 0 Å². The number of nitrogen functional groups attached to an aromatic ring is 1. The van der Waals surface area contributed by atoms with Gasteiger partial charge in [-0.3, -0.25) is 4.57 Å². The summed E-state index contributed by atoms with van der Waals surface area (Å²) in [6, 6.07) is 16.8. The molecule has 1 unspecified atom stereocenters. The number of fused-ring (bicyclic) bond motifs is 2. The summed E-state index contributed by atoms with van der Waals surface area (Å²) >= 11 is 5.94. The summed E-state index contributed by atoms with van der Waals surface area (Å²) in [6.07, 6.45) is -5.20. The Morgan fingerprint density at radius 1 is 1.07 bits per heavy atom. The zero-order valence-corrected chi connectivity index (χ0v) is 24.5. The number of nitrogens with two attached hydrogens (primary N) is 1. The highest BCUT2D eigenvalue weighted by atomic mass is 35.5. The van der Waals surface area contributed by atoms with Gasteiger partial charge in [0.2, 0.25) is 5.28 Å². The van der Waals surface area contributed by atoms with Crippen LogP contribution in [-0.2, 0) is 35.0 Å². The molecule has 44 heavy (non-hydrogen) atoms. The first-order valence-electron chi connectivity index (χ1n) is 14.0. The molecule has 0 radical (unpaired) electrons. The van der Waals surface area contributed by atoms with Crippen molar-refractivity contribution >= 4 is 40.5 Å². The number of hydrogen-bond donors (Lipinski definition) is 2. The largest absolute Gasteiger partial charge is 0.463 e. The van der Waals surface area contributed by atoms with Crippen molar-refractivity contribution in [3.8, 4) is 11.1 Å². The van der Waals surface area contributed by atoms with Gasteiger partial charge in [0.05, 0.1) is 19.5 Å². The monoisotopic (exact) mass is 625 g/mol. The second kappa shape index (κ2) is 11.4. The quantitative estimate of drug-likeness (QED) is 0.151. The molecule has 4 aromatic rings. The Morgan fingerprint density at radius 2 is 1.70 bits per heavy atom. The molecule has 5 atom stereocenters. The Morgan fingerprint density at radius 3 is 2.30 bits per heavy atom. The summed E-state index contributed by atoms with van der Waals surface area (Å²) in [4.78, 5) is 39.0. The lowest BCUT2D eigenvalue weighted by molar-refractivity contribution is -0.201. The third kappa shape index (κ3) is 4.85. The van der Waals surface area contributed by atoms with Gasteiger partial charge in [0.15, 0.2) is 29.5 Å². The van der Waals surface area contributed by atoms with Crippen molar-refractivity contribution in [2.45, 2.75) is 56.1 Å². The molecule has 1 aliphatic carbocycles. The third-order valence-corrected chi connectivity index (χ3v) is 7.97. The lowest BCUT2D eigenvalue weighted by atomic mass is 9.92. The molecule has 1 aliphatic heterocycles. The fraction of sp³-hybridized carbons (Fsp3) is 0.367. The summed E-state index contributed by atoms with van der Waals surface area (Å²) < 4.78 is 39.7. The maximum absolute atomic E-state index is 16.0. The number of carbonyl (C=O) groups is 2. The average Bonchev–Trinajstić information content (AvgIpc) is 3.25. The molecule has 2 aromatic heterocycles. The van der Waals surface area contributed by atoms with Crippen LogP contribution in [0.4, 0.5) is 10.2 Å². The van der Waals surface area contributed by atoms with Crippen molar-refractivity contribution in [1.82, 2.24) is 19.5 Å². The number of halogens is 2. The summed E-state index contributed by atoms with van der Waals surface area (Å²) in [5.41, 5.74) is 3.99. The van der Waals surface area contributed by atoms with Gasteiger partial charge in [-0.05, 0) is 42.1 Å². The third-order valence-electron chi connectivity index (χ3n) is 7.80. The molecule has 14 heteroatoms. The number of hydrogen-bond acceptors (Lipinski definition) is 11. The van der Waals surface area contributed by atoms with Crippen molar-refractivity contribution in [2.24, 2.45) is 0 Å². The van der Waals surface area contributed by atoms with Gasteiger partial charge in [-0.2, -0.15) is 9.97 Å². The van der Waals surface area contributed by atoms with Crippen LogP contribution >= 0.6 is 11.6 Å². The fourth-order valence-electron chi connectivity index (χ4n) is 5.54. The van der Waals surface area contributed by atoms with E-state index in [9.17, 15) is 14.7 Å². The predicted molar refractivity (Wildman–Crippen MR) is 155 cm³/mol. The Hall–Kier alpha value is -4.17. The topological polar surface area (TPSA) is 161 Å². The zero-order chi connectivity index (χ0) is 31.2. The zero-order valence-electron chi connectivity index (χ0n) is 23.7. The van der Waals surface area contributed by atoms with Gasteiger partial charge < -0.3 is 29.8 Å². The van der Waals surface area contributed by atoms with E-state index in [4.69, 9.17) is 36.3 Å². The highest BCUT2D eigenvalue weighted by molar-refractivity contribution is 6.28. The van der Waals surface area contributed by atoms with Crippen molar-refractivity contribution in [3.05, 3.63) is 71.8 Å². The van der Waals surface area contributed by atoms with E-state index in [0.717, 1.165) is 11.1 Å². The molecule has 2 aromatic carbocycles. The first-order valence-corrected chi connectivity index (χ1v) is 14.4. The molecule has 230 valence electrons. The maximum atomic E-state index is 16.0. The SMILES string of the molecule is CCOC(=O)C(Cc1ccc(-c2ccccc2)cc1)(OC1[C@H]2O[C@@H](n3cnc4c(N)nc(Cl)nc43)[C@@H](F)[C@@]12O)C(=O)OCC. The van der Waals surface area contributed by atoms with Crippen molar-refractivity contribution in [1.29, 1.82) is 0 Å². The predicted octanol–water partition coefficient (Wildman–Crippen LogP) is 3.20. The molecule has 6 rings (SSSR count). The lowest BCUT2D eigenvalue weighted by Crippen LogP contribution is -2.55. The summed E-state index contributed by atoms with van der Waals surface area (Å²) in [5, 5.41) is 11.2. The summed E-state index contributed by atoms with van der Waals surface area (Å²) in [5.74, 6) is -2.08. The molecule has 0 bridgehead atoms. The Balaban J connectivity index is 1.30. The molecule has 0 spiro atoms. The highest BCUT2D eigenvalue weighted by Gasteiger charge is 2.80. The number of carbonyl (C=O) groups excluding carboxylic acids is 2. The van der Waals surface area contributed by atoms with E-state index >= 15 is 4.39 Å². The first-order chi connectivity index (χ1) is 21.1. The van der Waals surface area contributed by atoms with Gasteiger partial charge in [-0.1, -0.05) is 54.6 Å². The molecule has 2 fully saturated rings. The van der Waals surface area contributed by atoms with E-state index in [1.54, 1.807) is 26.0 Å². The van der Waals surface area contributed by atoms with Crippen LogP contribution in [0.5, 0.6) is 0 Å². The number of aromatic nitrogens is 4. The first kappa shape index (κ1) is 29.9. The summed E-state index contributed by atoms with van der Waals surface area (Å²) in [7, 11) is 0. The van der Waals surface area contributed by atoms with Crippen LogP contribution < -0.4 is 5.73 Å². The highest BCUT2D eigenvalue weighted by Crippen LogP contribution is 2.58. The second-order valence-electron chi connectivity index (χ2n) is 10.5. The van der Waals surface area contributed by atoms with Crippen LogP contribution in [0, 0.1) is 0 Å². The van der Waals surface area contributed by atoms with Crippen LogP contribution in [0.2, 0.25) is 5.28 Å². The van der Waals surface area contributed by atoms with E-state index in [-0.39, 0.29) is 41.9 Å². The number of esters is 2. The van der Waals surface area contributed by atoms with Crippen LogP contribution in [0.25, 0.3) is 22.3 Å². The minimum absolute atomic E-state index is 0.0114. The van der Waals surface area contributed by atoms with Gasteiger partial charge >= 0.3 is 11.9 Å². The maximum Gasteiger partial charge on any atom is 0.350 e. The number of ether oxygens (including phenoxy) is 4. The average molecular weight is 626 g/mol. The molecular weight excluding hydrogens is 597 g/mol. The van der Waals surface area contributed by atoms with Crippen molar-refractivity contribution in [2.75, 3.05) is 18.9 Å². The summed E-state index contributed by atoms with van der Waals surface area (Å²) in [6.45, 7) is 3.01. The number of anilines is 1. The van der Waals surface area contributed by atoms with Crippen LogP contribution in [0.1, 0.15) is 25.6 Å². The number of benzene rings is 2. The molecule has 0 amide bonds. The minimum Gasteiger partial charge on any atom is -0.463 e. The van der Waals surface area contributed by atoms with Crippen LogP contribution in [-0.4, -0.2) is 79.4 Å². The Bertz CT molecular complexity index is 1690. The second-order valence-corrected chi connectivity index (χ2v) is 10.8. The van der Waals surface area contributed by atoms with Gasteiger partial charge in [0.1, 0.15) is 17.7 Å². The minimum atomic E-state index is -2.36. The Kier molecular flexibility index (Phi) is 7.74. The molecule has 3 heterocycles. The van der Waals surface area contributed by atoms with E-state index in [0.29, 0.717) is 5.56 Å².